The third-order valence-electron chi connectivity index (χ3n) is 3.06. The minimum Gasteiger partial charge on any atom is -0.341 e. The van der Waals surface area contributed by atoms with Crippen LogP contribution >= 0.6 is 0 Å². The number of aromatic amines is 1. The average molecular weight is 255 g/mol. The van der Waals surface area contributed by atoms with E-state index in [1.54, 1.807) is 12.1 Å². The SMILES string of the molecule is Cc1cc(Cn2cccc2-c2ccc(F)cc2)n[nH]1. The molecule has 3 nitrogen and oxygen atoms in total. The molecule has 0 radical (unpaired) electrons. The van der Waals surface area contributed by atoms with Crippen LogP contribution < -0.4 is 0 Å². The van der Waals surface area contributed by atoms with Crippen molar-refractivity contribution >= 4 is 0 Å². The second-order valence-corrected chi connectivity index (χ2v) is 4.57. The Morgan fingerprint density at radius 1 is 1.21 bits per heavy atom. The van der Waals surface area contributed by atoms with Crippen LogP contribution in [-0.2, 0) is 6.54 Å². The second-order valence-electron chi connectivity index (χ2n) is 4.57. The number of benzene rings is 1. The van der Waals surface area contributed by atoms with E-state index >= 15 is 0 Å². The van der Waals surface area contributed by atoms with Crippen LogP contribution in [0.5, 0.6) is 0 Å². The van der Waals surface area contributed by atoms with Gasteiger partial charge in [0.2, 0.25) is 0 Å². The fourth-order valence-corrected chi connectivity index (χ4v) is 2.16. The van der Waals surface area contributed by atoms with Gasteiger partial charge in [0.1, 0.15) is 5.82 Å². The molecule has 4 heteroatoms. The number of rotatable bonds is 3. The van der Waals surface area contributed by atoms with E-state index in [0.717, 1.165) is 22.6 Å². The van der Waals surface area contributed by atoms with E-state index in [9.17, 15) is 4.39 Å². The van der Waals surface area contributed by atoms with Gasteiger partial charge < -0.3 is 4.57 Å². The van der Waals surface area contributed by atoms with E-state index in [2.05, 4.69) is 14.8 Å². The van der Waals surface area contributed by atoms with Gasteiger partial charge in [0.25, 0.3) is 0 Å². The summed E-state index contributed by atoms with van der Waals surface area (Å²) in [5.74, 6) is -0.218. The zero-order valence-corrected chi connectivity index (χ0v) is 10.6. The molecule has 0 spiro atoms. The van der Waals surface area contributed by atoms with Gasteiger partial charge in [-0.2, -0.15) is 5.10 Å². The number of nitrogens with one attached hydrogen (secondary N) is 1. The van der Waals surface area contributed by atoms with Crippen molar-refractivity contribution in [2.24, 2.45) is 0 Å². The lowest BCUT2D eigenvalue weighted by Crippen LogP contribution is -2.00. The normalized spacial score (nSPS) is 10.8. The van der Waals surface area contributed by atoms with Gasteiger partial charge >= 0.3 is 0 Å². The predicted octanol–water partition coefficient (Wildman–Crippen LogP) is 3.37. The highest BCUT2D eigenvalue weighted by Gasteiger charge is 2.06. The van der Waals surface area contributed by atoms with Crippen LogP contribution in [0.2, 0.25) is 0 Å². The Kier molecular flexibility index (Phi) is 2.91. The maximum atomic E-state index is 13.0. The smallest absolute Gasteiger partial charge is 0.123 e. The van der Waals surface area contributed by atoms with Crippen molar-refractivity contribution < 1.29 is 4.39 Å². The number of nitrogens with zero attached hydrogens (tertiary/aromatic N) is 2. The molecule has 0 bridgehead atoms. The van der Waals surface area contributed by atoms with Crippen LogP contribution in [0.25, 0.3) is 11.3 Å². The van der Waals surface area contributed by atoms with Crippen LogP contribution in [0.4, 0.5) is 4.39 Å². The summed E-state index contributed by atoms with van der Waals surface area (Å²) < 4.78 is 15.1. The van der Waals surface area contributed by atoms with Crippen LogP contribution in [0, 0.1) is 12.7 Å². The molecule has 0 saturated heterocycles. The Bertz CT molecular complexity index is 679. The number of aromatic nitrogens is 3. The zero-order chi connectivity index (χ0) is 13.2. The molecule has 1 aromatic carbocycles. The van der Waals surface area contributed by atoms with Crippen LogP contribution in [-0.4, -0.2) is 14.8 Å². The summed E-state index contributed by atoms with van der Waals surface area (Å²) in [6.07, 6.45) is 2.00. The number of halogens is 1. The number of aryl methyl sites for hydroxylation is 1. The molecular formula is C15H14FN3. The fraction of sp³-hybridized carbons (Fsp3) is 0.133. The molecule has 2 aromatic heterocycles. The van der Waals surface area contributed by atoms with E-state index < -0.39 is 0 Å². The molecule has 0 unspecified atom stereocenters. The summed E-state index contributed by atoms with van der Waals surface area (Å²) in [5.41, 5.74) is 4.09. The molecule has 3 rings (SSSR count). The van der Waals surface area contributed by atoms with Crippen LogP contribution in [0.15, 0.2) is 48.7 Å². The van der Waals surface area contributed by atoms with Gasteiger partial charge in [0.15, 0.2) is 0 Å². The molecule has 3 aromatic rings. The molecule has 96 valence electrons. The van der Waals surface area contributed by atoms with Gasteiger partial charge in [0.05, 0.1) is 12.2 Å². The summed E-state index contributed by atoms with van der Waals surface area (Å²) in [5, 5.41) is 7.17. The van der Waals surface area contributed by atoms with Crippen molar-refractivity contribution in [1.82, 2.24) is 14.8 Å². The molecule has 0 amide bonds. The minimum absolute atomic E-state index is 0.218. The Hall–Kier alpha value is -2.36. The maximum absolute atomic E-state index is 13.0. The molecule has 0 saturated carbocycles. The summed E-state index contributed by atoms with van der Waals surface area (Å²) in [6.45, 7) is 2.68. The lowest BCUT2D eigenvalue weighted by atomic mass is 10.1. The number of H-pyrrole nitrogens is 1. The number of hydrogen-bond donors (Lipinski definition) is 1. The van der Waals surface area contributed by atoms with E-state index in [4.69, 9.17) is 0 Å². The van der Waals surface area contributed by atoms with Gasteiger partial charge in [-0.15, -0.1) is 0 Å². The van der Waals surface area contributed by atoms with Crippen molar-refractivity contribution in [3.05, 3.63) is 65.9 Å². The minimum atomic E-state index is -0.218. The highest BCUT2D eigenvalue weighted by molar-refractivity contribution is 5.60. The van der Waals surface area contributed by atoms with Crippen LogP contribution in [0.1, 0.15) is 11.4 Å². The molecule has 0 fully saturated rings. The summed E-state index contributed by atoms with van der Waals surface area (Å²) in [6, 6.07) is 12.6. The zero-order valence-electron chi connectivity index (χ0n) is 10.6. The van der Waals surface area contributed by atoms with Crippen molar-refractivity contribution in [1.29, 1.82) is 0 Å². The monoisotopic (exact) mass is 255 g/mol. The summed E-state index contributed by atoms with van der Waals surface area (Å²) in [7, 11) is 0. The lowest BCUT2D eigenvalue weighted by molar-refractivity contribution is 0.628. The quantitative estimate of drug-likeness (QED) is 0.764. The summed E-state index contributed by atoms with van der Waals surface area (Å²) in [4.78, 5) is 0. The Morgan fingerprint density at radius 3 is 2.68 bits per heavy atom. The third kappa shape index (κ3) is 2.42. The van der Waals surface area contributed by atoms with E-state index in [1.807, 2.05) is 31.3 Å². The van der Waals surface area contributed by atoms with E-state index in [0.29, 0.717) is 6.54 Å². The second kappa shape index (κ2) is 4.72. The third-order valence-corrected chi connectivity index (χ3v) is 3.06. The lowest BCUT2D eigenvalue weighted by Gasteiger charge is -2.07. The average Bonchev–Trinajstić information content (AvgIpc) is 3.00. The van der Waals surface area contributed by atoms with Gasteiger partial charge in [0, 0.05) is 17.6 Å². The largest absolute Gasteiger partial charge is 0.341 e. The molecule has 19 heavy (non-hydrogen) atoms. The first kappa shape index (κ1) is 11.7. The Labute approximate surface area is 110 Å². The van der Waals surface area contributed by atoms with Crippen molar-refractivity contribution in [2.75, 3.05) is 0 Å². The van der Waals surface area contributed by atoms with Gasteiger partial charge in [-0.1, -0.05) is 0 Å². The highest BCUT2D eigenvalue weighted by Crippen LogP contribution is 2.21. The predicted molar refractivity (Wildman–Crippen MR) is 72.3 cm³/mol. The molecule has 0 aliphatic heterocycles. The molecule has 0 atom stereocenters. The summed E-state index contributed by atoms with van der Waals surface area (Å²) >= 11 is 0. The molecule has 1 N–H and O–H groups in total. The molecule has 2 heterocycles. The first-order valence-corrected chi connectivity index (χ1v) is 6.14. The Balaban J connectivity index is 1.92. The van der Waals surface area contributed by atoms with E-state index in [1.165, 1.54) is 12.1 Å². The van der Waals surface area contributed by atoms with Gasteiger partial charge in [-0.05, 0) is 55.0 Å². The van der Waals surface area contributed by atoms with Gasteiger partial charge in [-0.3, -0.25) is 5.10 Å². The molecular weight excluding hydrogens is 241 g/mol. The molecule has 0 aliphatic rings. The highest BCUT2D eigenvalue weighted by atomic mass is 19.1. The van der Waals surface area contributed by atoms with Gasteiger partial charge in [-0.25, -0.2) is 4.39 Å². The molecule has 0 aliphatic carbocycles. The fourth-order valence-electron chi connectivity index (χ4n) is 2.16. The van der Waals surface area contributed by atoms with E-state index in [-0.39, 0.29) is 5.82 Å². The topological polar surface area (TPSA) is 33.6 Å². The maximum Gasteiger partial charge on any atom is 0.123 e. The van der Waals surface area contributed by atoms with Crippen molar-refractivity contribution in [3.63, 3.8) is 0 Å². The van der Waals surface area contributed by atoms with Crippen molar-refractivity contribution in [2.45, 2.75) is 13.5 Å². The van der Waals surface area contributed by atoms with Crippen LogP contribution in [0.3, 0.4) is 0 Å². The first-order chi connectivity index (χ1) is 9.22. The van der Waals surface area contributed by atoms with Crippen molar-refractivity contribution in [3.8, 4) is 11.3 Å². The first-order valence-electron chi connectivity index (χ1n) is 6.14. The number of hydrogen-bond acceptors (Lipinski definition) is 1. The Morgan fingerprint density at radius 2 is 2.00 bits per heavy atom. The standard InChI is InChI=1S/C15H14FN3/c1-11-9-14(18-17-11)10-19-8-2-3-15(19)12-4-6-13(16)7-5-12/h2-9H,10H2,1H3,(H,17,18).